The second-order valence-corrected chi connectivity index (χ2v) is 7.80. The van der Waals surface area contributed by atoms with Gasteiger partial charge in [-0.15, -0.1) is 11.3 Å². The number of hydrogen-bond donors (Lipinski definition) is 1. The molecule has 0 saturated carbocycles. The Balaban J connectivity index is 1.70. The van der Waals surface area contributed by atoms with E-state index in [1.807, 2.05) is 42.6 Å². The number of amides is 2. The molecule has 2 amide bonds. The first-order valence-corrected chi connectivity index (χ1v) is 10.6. The lowest BCUT2D eigenvalue weighted by Gasteiger charge is -2.21. The largest absolute Gasteiger partial charge is 0.329 e. The van der Waals surface area contributed by atoms with Crippen LogP contribution in [-0.2, 0) is 4.79 Å². The minimum atomic E-state index is -0.518. The molecular formula is C22H22N4O4S. The zero-order valence-corrected chi connectivity index (χ0v) is 18.0. The minimum Gasteiger partial charge on any atom is -0.329 e. The summed E-state index contributed by atoms with van der Waals surface area (Å²) in [7, 11) is 0. The van der Waals surface area contributed by atoms with Crippen molar-refractivity contribution in [3.05, 3.63) is 75.2 Å². The van der Waals surface area contributed by atoms with Crippen LogP contribution in [0.5, 0.6) is 0 Å². The van der Waals surface area contributed by atoms with Gasteiger partial charge in [0.2, 0.25) is 5.91 Å². The molecule has 160 valence electrons. The summed E-state index contributed by atoms with van der Waals surface area (Å²) in [6.07, 6.45) is 0.641. The van der Waals surface area contributed by atoms with Crippen LogP contribution in [0.2, 0.25) is 0 Å². The summed E-state index contributed by atoms with van der Waals surface area (Å²) in [5.41, 5.74) is 2.24. The average Bonchev–Trinajstić information content (AvgIpc) is 3.22. The average molecular weight is 439 g/mol. The number of rotatable bonds is 8. The van der Waals surface area contributed by atoms with Gasteiger partial charge in [0, 0.05) is 34.7 Å². The van der Waals surface area contributed by atoms with Gasteiger partial charge in [0.05, 0.1) is 10.6 Å². The molecule has 0 aliphatic rings. The van der Waals surface area contributed by atoms with E-state index in [9.17, 15) is 19.7 Å². The summed E-state index contributed by atoms with van der Waals surface area (Å²) in [6.45, 7) is 3.68. The van der Waals surface area contributed by atoms with E-state index in [0.717, 1.165) is 11.3 Å². The molecular weight excluding hydrogens is 416 g/mol. The number of benzene rings is 2. The summed E-state index contributed by atoms with van der Waals surface area (Å²) < 4.78 is 0. The lowest BCUT2D eigenvalue weighted by molar-refractivity contribution is -0.385. The van der Waals surface area contributed by atoms with Gasteiger partial charge in [-0.2, -0.15) is 0 Å². The molecule has 0 saturated heterocycles. The number of nitro benzene ring substituents is 1. The second-order valence-electron chi connectivity index (χ2n) is 6.94. The summed E-state index contributed by atoms with van der Waals surface area (Å²) in [5.74, 6) is -0.804. The van der Waals surface area contributed by atoms with E-state index in [2.05, 4.69) is 10.3 Å². The van der Waals surface area contributed by atoms with Crippen LogP contribution in [0.3, 0.4) is 0 Å². The number of nitrogens with one attached hydrogen (secondary N) is 1. The highest BCUT2D eigenvalue weighted by atomic mass is 32.1. The molecule has 0 bridgehead atoms. The highest BCUT2D eigenvalue weighted by molar-refractivity contribution is 7.14. The Morgan fingerprint density at radius 3 is 2.61 bits per heavy atom. The Bertz CT molecular complexity index is 1100. The third-order valence-electron chi connectivity index (χ3n) is 4.59. The van der Waals surface area contributed by atoms with Crippen LogP contribution in [-0.4, -0.2) is 39.7 Å². The molecule has 3 aromatic rings. The molecule has 31 heavy (non-hydrogen) atoms. The monoisotopic (exact) mass is 438 g/mol. The number of nitro groups is 1. The molecule has 3 rings (SSSR count). The van der Waals surface area contributed by atoms with Crippen LogP contribution >= 0.6 is 11.3 Å². The number of carbonyl (C=O) groups excluding carboxylic acids is 2. The van der Waals surface area contributed by atoms with Crippen LogP contribution in [0.1, 0.15) is 29.3 Å². The Morgan fingerprint density at radius 1 is 1.19 bits per heavy atom. The van der Waals surface area contributed by atoms with Crippen molar-refractivity contribution in [2.24, 2.45) is 0 Å². The molecule has 0 unspecified atom stereocenters. The van der Waals surface area contributed by atoms with E-state index in [0.29, 0.717) is 23.7 Å². The number of thiazole rings is 1. The van der Waals surface area contributed by atoms with E-state index in [1.165, 1.54) is 34.4 Å². The van der Waals surface area contributed by atoms with Gasteiger partial charge in [0.15, 0.2) is 5.13 Å². The van der Waals surface area contributed by atoms with Crippen LogP contribution in [0, 0.1) is 17.0 Å². The number of hydrogen-bond acceptors (Lipinski definition) is 6. The number of carbonyl (C=O) groups is 2. The predicted octanol–water partition coefficient (Wildman–Crippen LogP) is 4.52. The fraction of sp³-hybridized carbons (Fsp3) is 0.227. The van der Waals surface area contributed by atoms with Gasteiger partial charge in [-0.3, -0.25) is 19.7 Å². The van der Waals surface area contributed by atoms with Crippen molar-refractivity contribution in [2.45, 2.75) is 20.3 Å². The van der Waals surface area contributed by atoms with Gasteiger partial charge in [-0.25, -0.2) is 4.98 Å². The number of aryl methyl sites for hydroxylation is 1. The van der Waals surface area contributed by atoms with Crippen molar-refractivity contribution in [3.63, 3.8) is 0 Å². The number of nitrogens with zero attached hydrogens (tertiary/aromatic N) is 3. The van der Waals surface area contributed by atoms with E-state index < -0.39 is 10.8 Å². The summed E-state index contributed by atoms with van der Waals surface area (Å²) in [6, 6.07) is 13.9. The van der Waals surface area contributed by atoms with Crippen molar-refractivity contribution in [3.8, 4) is 11.3 Å². The third kappa shape index (κ3) is 5.52. The summed E-state index contributed by atoms with van der Waals surface area (Å²) >= 11 is 1.30. The first kappa shape index (κ1) is 22.1. The van der Waals surface area contributed by atoms with E-state index in [-0.39, 0.29) is 23.7 Å². The maximum atomic E-state index is 12.9. The molecule has 0 spiro atoms. The molecule has 1 aromatic heterocycles. The first-order valence-electron chi connectivity index (χ1n) is 9.74. The summed E-state index contributed by atoms with van der Waals surface area (Å²) in [4.78, 5) is 42.0. The van der Waals surface area contributed by atoms with Gasteiger partial charge < -0.3 is 10.2 Å². The third-order valence-corrected chi connectivity index (χ3v) is 5.35. The van der Waals surface area contributed by atoms with Gasteiger partial charge >= 0.3 is 0 Å². The molecule has 9 heteroatoms. The second kappa shape index (κ2) is 9.94. The van der Waals surface area contributed by atoms with Crippen molar-refractivity contribution >= 4 is 34.0 Å². The molecule has 1 heterocycles. The predicted molar refractivity (Wildman–Crippen MR) is 120 cm³/mol. The zero-order valence-electron chi connectivity index (χ0n) is 17.2. The Kier molecular flexibility index (Phi) is 7.09. The SMILES string of the molecule is CCCN(CC(=O)Nc1nc(-c2ccccc2)cs1)C(=O)c1ccc(C)c([N+](=O)[O-])c1. The molecule has 0 atom stereocenters. The van der Waals surface area contributed by atoms with Crippen molar-refractivity contribution in [1.29, 1.82) is 0 Å². The molecule has 0 aliphatic heterocycles. The molecule has 8 nitrogen and oxygen atoms in total. The quantitative estimate of drug-likeness (QED) is 0.411. The van der Waals surface area contributed by atoms with E-state index in [1.54, 1.807) is 6.92 Å². The lowest BCUT2D eigenvalue weighted by atomic mass is 10.1. The molecule has 0 fully saturated rings. The minimum absolute atomic E-state index is 0.122. The maximum Gasteiger partial charge on any atom is 0.273 e. The van der Waals surface area contributed by atoms with Gasteiger partial charge in [0.25, 0.3) is 11.6 Å². The molecule has 0 radical (unpaired) electrons. The summed E-state index contributed by atoms with van der Waals surface area (Å²) in [5, 5.41) is 16.2. The Hall–Kier alpha value is -3.59. The van der Waals surface area contributed by atoms with Crippen LogP contribution in [0.25, 0.3) is 11.3 Å². The highest BCUT2D eigenvalue weighted by Crippen LogP contribution is 2.25. The van der Waals surface area contributed by atoms with Crippen molar-refractivity contribution < 1.29 is 14.5 Å². The van der Waals surface area contributed by atoms with Crippen molar-refractivity contribution in [1.82, 2.24) is 9.88 Å². The highest BCUT2D eigenvalue weighted by Gasteiger charge is 2.22. The van der Waals surface area contributed by atoms with Gasteiger partial charge in [-0.05, 0) is 19.4 Å². The van der Waals surface area contributed by atoms with E-state index >= 15 is 0 Å². The fourth-order valence-electron chi connectivity index (χ4n) is 3.05. The molecule has 2 aromatic carbocycles. The Labute approximate surface area is 183 Å². The van der Waals surface area contributed by atoms with Crippen LogP contribution in [0.15, 0.2) is 53.9 Å². The van der Waals surface area contributed by atoms with Crippen molar-refractivity contribution in [2.75, 3.05) is 18.4 Å². The van der Waals surface area contributed by atoms with Crippen LogP contribution < -0.4 is 5.32 Å². The van der Waals surface area contributed by atoms with Gasteiger partial charge in [0.1, 0.15) is 6.54 Å². The smallest absolute Gasteiger partial charge is 0.273 e. The Morgan fingerprint density at radius 2 is 1.94 bits per heavy atom. The standard InChI is InChI=1S/C22H22N4O4S/c1-3-11-25(21(28)17-10-9-15(2)19(12-17)26(29)30)13-20(27)24-22-23-18(14-31-22)16-7-5-4-6-8-16/h4-10,12,14H,3,11,13H2,1-2H3,(H,23,24,27). The maximum absolute atomic E-state index is 12.9. The fourth-order valence-corrected chi connectivity index (χ4v) is 3.78. The number of aromatic nitrogens is 1. The lowest BCUT2D eigenvalue weighted by Crippen LogP contribution is -2.38. The van der Waals surface area contributed by atoms with E-state index in [4.69, 9.17) is 0 Å². The first-order chi connectivity index (χ1) is 14.9. The molecule has 1 N–H and O–H groups in total. The number of anilines is 1. The zero-order chi connectivity index (χ0) is 22.4. The van der Waals surface area contributed by atoms with Gasteiger partial charge in [-0.1, -0.05) is 43.3 Å². The molecule has 0 aliphatic carbocycles. The topological polar surface area (TPSA) is 105 Å². The van der Waals surface area contributed by atoms with Crippen LogP contribution in [0.4, 0.5) is 10.8 Å². The normalized spacial score (nSPS) is 10.5.